The monoisotopic (exact) mass is 375 g/mol. The SMILES string of the molecule is COc1ccc(N2C(=O)C[C@H](Nc3cccc([N+](=O)[O-])c3)C2=O)cc1Cl. The van der Waals surface area contributed by atoms with Crippen LogP contribution in [0.15, 0.2) is 42.5 Å². The molecule has 26 heavy (non-hydrogen) atoms. The van der Waals surface area contributed by atoms with E-state index in [0.29, 0.717) is 17.1 Å². The Balaban J connectivity index is 1.82. The van der Waals surface area contributed by atoms with E-state index in [-0.39, 0.29) is 23.0 Å². The van der Waals surface area contributed by atoms with E-state index in [4.69, 9.17) is 16.3 Å². The summed E-state index contributed by atoms with van der Waals surface area (Å²) in [5, 5.41) is 14.0. The number of halogens is 1. The average Bonchev–Trinajstić information content (AvgIpc) is 2.88. The Labute approximate surface area is 153 Å². The molecule has 0 unspecified atom stereocenters. The van der Waals surface area contributed by atoms with Gasteiger partial charge in [0.2, 0.25) is 5.91 Å². The fourth-order valence-corrected chi connectivity index (χ4v) is 2.97. The van der Waals surface area contributed by atoms with E-state index in [2.05, 4.69) is 5.32 Å². The van der Waals surface area contributed by atoms with Gasteiger partial charge in [-0.3, -0.25) is 19.7 Å². The van der Waals surface area contributed by atoms with Gasteiger partial charge in [0.05, 0.1) is 29.2 Å². The molecule has 1 N–H and O–H groups in total. The van der Waals surface area contributed by atoms with Crippen molar-refractivity contribution in [3.05, 3.63) is 57.6 Å². The van der Waals surface area contributed by atoms with Crippen LogP contribution >= 0.6 is 11.6 Å². The summed E-state index contributed by atoms with van der Waals surface area (Å²) in [5.74, 6) is -0.414. The lowest BCUT2D eigenvalue weighted by molar-refractivity contribution is -0.384. The lowest BCUT2D eigenvalue weighted by atomic mass is 10.2. The van der Waals surface area contributed by atoms with Crippen molar-refractivity contribution < 1.29 is 19.2 Å². The van der Waals surface area contributed by atoms with E-state index in [0.717, 1.165) is 4.90 Å². The maximum atomic E-state index is 12.6. The number of amides is 2. The van der Waals surface area contributed by atoms with Crippen molar-refractivity contribution in [2.45, 2.75) is 12.5 Å². The zero-order valence-corrected chi connectivity index (χ0v) is 14.4. The zero-order valence-electron chi connectivity index (χ0n) is 13.6. The summed E-state index contributed by atoms with van der Waals surface area (Å²) in [6, 6.07) is 9.55. The fraction of sp³-hybridized carbons (Fsp3) is 0.176. The number of carbonyl (C=O) groups excluding carboxylic acids is 2. The number of anilines is 2. The number of nitro benzene ring substituents is 1. The van der Waals surface area contributed by atoms with Crippen molar-refractivity contribution in [2.75, 3.05) is 17.3 Å². The first kappa shape index (κ1) is 17.7. The van der Waals surface area contributed by atoms with Gasteiger partial charge in [-0.25, -0.2) is 4.90 Å². The molecule has 9 heteroatoms. The van der Waals surface area contributed by atoms with Crippen LogP contribution in [-0.4, -0.2) is 29.9 Å². The van der Waals surface area contributed by atoms with Gasteiger partial charge in [0, 0.05) is 17.8 Å². The minimum absolute atomic E-state index is 0.0643. The lowest BCUT2D eigenvalue weighted by Crippen LogP contribution is -2.34. The van der Waals surface area contributed by atoms with Crippen LogP contribution in [0.4, 0.5) is 17.1 Å². The third-order valence-corrected chi connectivity index (χ3v) is 4.23. The average molecular weight is 376 g/mol. The topological polar surface area (TPSA) is 102 Å². The van der Waals surface area contributed by atoms with Crippen LogP contribution < -0.4 is 15.0 Å². The number of rotatable bonds is 5. The number of nitro groups is 1. The maximum absolute atomic E-state index is 12.6. The van der Waals surface area contributed by atoms with Crippen LogP contribution in [0.5, 0.6) is 5.75 Å². The molecule has 8 nitrogen and oxygen atoms in total. The number of hydrogen-bond donors (Lipinski definition) is 1. The van der Waals surface area contributed by atoms with E-state index >= 15 is 0 Å². The molecular formula is C17H14ClN3O5. The molecule has 2 aromatic carbocycles. The molecule has 0 saturated carbocycles. The summed E-state index contributed by atoms with van der Waals surface area (Å²) in [6.07, 6.45) is -0.0643. The quantitative estimate of drug-likeness (QED) is 0.489. The number of non-ortho nitro benzene ring substituents is 1. The first-order chi connectivity index (χ1) is 12.4. The number of ether oxygens (including phenoxy) is 1. The molecule has 2 aromatic rings. The summed E-state index contributed by atoms with van der Waals surface area (Å²) in [5.41, 5.74) is 0.625. The molecule has 1 heterocycles. The minimum atomic E-state index is -0.814. The molecule has 0 radical (unpaired) electrons. The second kappa shape index (κ2) is 7.01. The molecule has 2 amide bonds. The first-order valence-electron chi connectivity index (χ1n) is 7.62. The summed E-state index contributed by atoms with van der Waals surface area (Å²) < 4.78 is 5.06. The molecule has 0 aromatic heterocycles. The molecule has 134 valence electrons. The Hall–Kier alpha value is -3.13. The van der Waals surface area contributed by atoms with Crippen LogP contribution in [0.2, 0.25) is 5.02 Å². The highest BCUT2D eigenvalue weighted by Gasteiger charge is 2.39. The Morgan fingerprint density at radius 3 is 2.69 bits per heavy atom. The third kappa shape index (κ3) is 3.31. The van der Waals surface area contributed by atoms with Crippen molar-refractivity contribution in [1.29, 1.82) is 0 Å². The summed E-state index contributed by atoms with van der Waals surface area (Å²) >= 11 is 6.06. The van der Waals surface area contributed by atoms with Crippen LogP contribution in [0.3, 0.4) is 0 Å². The van der Waals surface area contributed by atoms with E-state index < -0.39 is 16.9 Å². The highest BCUT2D eigenvalue weighted by atomic mass is 35.5. The van der Waals surface area contributed by atoms with Gasteiger partial charge < -0.3 is 10.1 Å². The van der Waals surface area contributed by atoms with Gasteiger partial charge in [0.25, 0.3) is 11.6 Å². The Kier molecular flexibility index (Phi) is 4.77. The zero-order chi connectivity index (χ0) is 18.8. The largest absolute Gasteiger partial charge is 0.495 e. The van der Waals surface area contributed by atoms with Gasteiger partial charge in [-0.2, -0.15) is 0 Å². The summed E-state index contributed by atoms with van der Waals surface area (Å²) in [4.78, 5) is 36.3. The number of carbonyl (C=O) groups is 2. The predicted octanol–water partition coefficient (Wildman–Crippen LogP) is 3.00. The van der Waals surface area contributed by atoms with E-state index in [9.17, 15) is 19.7 Å². The molecule has 0 aliphatic carbocycles. The van der Waals surface area contributed by atoms with Gasteiger partial charge in [0.1, 0.15) is 11.8 Å². The number of imide groups is 1. The van der Waals surface area contributed by atoms with Crippen molar-refractivity contribution >= 4 is 40.5 Å². The van der Waals surface area contributed by atoms with Gasteiger partial charge >= 0.3 is 0 Å². The fourth-order valence-electron chi connectivity index (χ4n) is 2.72. The Bertz CT molecular complexity index is 902. The molecule has 1 saturated heterocycles. The second-order valence-electron chi connectivity index (χ2n) is 5.59. The number of hydrogen-bond acceptors (Lipinski definition) is 6. The maximum Gasteiger partial charge on any atom is 0.271 e. The van der Waals surface area contributed by atoms with Crippen molar-refractivity contribution in [3.63, 3.8) is 0 Å². The first-order valence-corrected chi connectivity index (χ1v) is 8.00. The molecule has 1 atom stereocenters. The van der Waals surface area contributed by atoms with E-state index in [1.807, 2.05) is 0 Å². The molecule has 1 aliphatic rings. The van der Waals surface area contributed by atoms with Crippen LogP contribution in [0.1, 0.15) is 6.42 Å². The van der Waals surface area contributed by atoms with E-state index in [1.54, 1.807) is 18.2 Å². The second-order valence-corrected chi connectivity index (χ2v) is 6.00. The van der Waals surface area contributed by atoms with Crippen molar-refractivity contribution in [1.82, 2.24) is 0 Å². The van der Waals surface area contributed by atoms with Gasteiger partial charge in [-0.15, -0.1) is 0 Å². The van der Waals surface area contributed by atoms with E-state index in [1.165, 1.54) is 31.4 Å². The van der Waals surface area contributed by atoms with Crippen molar-refractivity contribution in [2.24, 2.45) is 0 Å². The highest BCUT2D eigenvalue weighted by Crippen LogP contribution is 2.32. The molecule has 0 spiro atoms. The number of methoxy groups -OCH3 is 1. The number of nitrogens with one attached hydrogen (secondary N) is 1. The minimum Gasteiger partial charge on any atom is -0.495 e. The third-order valence-electron chi connectivity index (χ3n) is 3.94. The Morgan fingerprint density at radius 1 is 1.27 bits per heavy atom. The van der Waals surface area contributed by atoms with Gasteiger partial charge in [0.15, 0.2) is 0 Å². The molecule has 0 bridgehead atoms. The molecule has 3 rings (SSSR count). The predicted molar refractivity (Wildman–Crippen MR) is 95.6 cm³/mol. The molecule has 1 fully saturated rings. The lowest BCUT2D eigenvalue weighted by Gasteiger charge is -2.17. The summed E-state index contributed by atoms with van der Waals surface area (Å²) in [7, 11) is 1.46. The van der Waals surface area contributed by atoms with Gasteiger partial charge in [-0.1, -0.05) is 17.7 Å². The Morgan fingerprint density at radius 2 is 2.04 bits per heavy atom. The van der Waals surface area contributed by atoms with Crippen LogP contribution in [0, 0.1) is 10.1 Å². The van der Waals surface area contributed by atoms with Gasteiger partial charge in [-0.05, 0) is 24.3 Å². The standard InChI is InChI=1S/C17H14ClN3O5/c1-26-15-6-5-11(8-13(15)18)20-16(22)9-14(17(20)23)19-10-3-2-4-12(7-10)21(24)25/h2-8,14,19H,9H2,1H3/t14-/m0/s1. The molecular weight excluding hydrogens is 362 g/mol. The van der Waals surface area contributed by atoms with Crippen LogP contribution in [0.25, 0.3) is 0 Å². The summed E-state index contributed by atoms with van der Waals surface area (Å²) in [6.45, 7) is 0. The smallest absolute Gasteiger partial charge is 0.271 e. The normalized spacial score (nSPS) is 16.7. The molecule has 1 aliphatic heterocycles. The van der Waals surface area contributed by atoms with Crippen LogP contribution in [-0.2, 0) is 9.59 Å². The van der Waals surface area contributed by atoms with Crippen molar-refractivity contribution in [3.8, 4) is 5.75 Å². The number of nitrogens with zero attached hydrogens (tertiary/aromatic N) is 2. The number of benzene rings is 2. The highest BCUT2D eigenvalue weighted by molar-refractivity contribution is 6.33.